The van der Waals surface area contributed by atoms with Crippen molar-refractivity contribution >= 4 is 66.4 Å². The molecule has 0 unspecified atom stereocenters. The smallest absolute Gasteiger partial charge is 0.204 e. The van der Waals surface area contributed by atoms with Crippen LogP contribution in [0.25, 0.3) is 43.6 Å². The number of methoxy groups -OCH3 is 12. The molecule has 0 saturated heterocycles. The van der Waals surface area contributed by atoms with E-state index in [1.807, 2.05) is 72.8 Å². The molecule has 20 heteroatoms. The number of fused-ring (bicyclic) bond motifs is 4. The summed E-state index contributed by atoms with van der Waals surface area (Å²) >= 11 is 0. The molecule has 0 N–H and O–H groups in total. The quantitative estimate of drug-likeness (QED) is 0.0475. The number of nitrogens with zero attached hydrogens (tertiary/aromatic N) is 8. The van der Waals surface area contributed by atoms with Crippen LogP contribution in [0.2, 0.25) is 0 Å². The van der Waals surface area contributed by atoms with Gasteiger partial charge in [-0.2, -0.15) is 0 Å². The maximum absolute atomic E-state index is 5.86. The van der Waals surface area contributed by atoms with E-state index in [0.717, 1.165) is 67.1 Å². The number of rotatable bonds is 27. The molecule has 6 aromatic carbocycles. The minimum absolute atomic E-state index is 0.415. The first kappa shape index (κ1) is 60.9. The van der Waals surface area contributed by atoms with Gasteiger partial charge in [-0.25, -0.2) is 0 Å². The van der Waals surface area contributed by atoms with Crippen LogP contribution in [-0.4, -0.2) is 132 Å². The standard InChI is InChI=1S/C68H74N8O12/c1-73(53-19-15-17-21-55(53)75(37-41-23-27-45-49(69-41)33-57(77-3)65(85-11)61(45)81-7)38-42-24-28-46-50(70-42)34-58(78-4)66(86-12)62(46)82-8)31-32-74(2)54-20-16-18-22-56(54)76(39-43-25-29-47-51(71-43)35-59(79-5)67(87-13)63(47)83-9)40-44-26-30-48-52(72-44)36-60(80-6)68(88-14)64(48)84-10/h15-30,33-36H,31-32,37-40H2,1-14H3. The SMILES string of the molecule is COc1cc2nc(CN(Cc3ccc4c(OC)c(OC)c(OC)cc4n3)c3ccccc3N(C)CCN(C)c3ccccc3N(Cc3ccc4c(OC)c(OC)c(OC)cc4n3)Cc3ccc4c(OC)c(OC)c(OC)cc4n3)ccc2c(OC)c1OC. The molecule has 10 rings (SSSR count). The zero-order chi connectivity index (χ0) is 62.2. The van der Waals surface area contributed by atoms with Crippen molar-refractivity contribution in [3.8, 4) is 69.0 Å². The van der Waals surface area contributed by atoms with Crippen LogP contribution in [0.3, 0.4) is 0 Å². The Morgan fingerprint density at radius 1 is 0.273 bits per heavy atom. The zero-order valence-electron chi connectivity index (χ0n) is 52.3. The second kappa shape index (κ2) is 27.0. The molecule has 0 fully saturated rings. The van der Waals surface area contributed by atoms with Crippen LogP contribution in [0, 0.1) is 0 Å². The molecular weight excluding hydrogens is 1120 g/mol. The second-order valence-corrected chi connectivity index (χ2v) is 20.6. The van der Waals surface area contributed by atoms with Gasteiger partial charge >= 0.3 is 0 Å². The van der Waals surface area contributed by atoms with Gasteiger partial charge in [0.2, 0.25) is 23.0 Å². The predicted molar refractivity (Wildman–Crippen MR) is 345 cm³/mol. The van der Waals surface area contributed by atoms with E-state index in [1.165, 1.54) is 0 Å². The van der Waals surface area contributed by atoms with Crippen LogP contribution >= 0.6 is 0 Å². The third kappa shape index (κ3) is 11.9. The molecule has 0 amide bonds. The van der Waals surface area contributed by atoms with E-state index in [9.17, 15) is 0 Å². The lowest BCUT2D eigenvalue weighted by molar-refractivity contribution is 0.327. The highest BCUT2D eigenvalue weighted by atomic mass is 16.6. The summed E-state index contributed by atoms with van der Waals surface area (Å²) in [6, 6.07) is 40.5. The Morgan fingerprint density at radius 2 is 0.500 bits per heavy atom. The van der Waals surface area contributed by atoms with Gasteiger partial charge in [-0.15, -0.1) is 0 Å². The number of hydrogen-bond donors (Lipinski definition) is 0. The van der Waals surface area contributed by atoms with E-state index in [2.05, 4.69) is 82.2 Å². The van der Waals surface area contributed by atoms with E-state index in [0.29, 0.717) is 130 Å². The highest BCUT2D eigenvalue weighted by Crippen LogP contribution is 2.47. The van der Waals surface area contributed by atoms with Crippen molar-refractivity contribution in [3.05, 3.63) is 144 Å². The van der Waals surface area contributed by atoms with E-state index in [4.69, 9.17) is 76.8 Å². The molecule has 0 atom stereocenters. The molecule has 4 heterocycles. The van der Waals surface area contributed by atoms with Gasteiger partial charge in [-0.3, -0.25) is 19.9 Å². The molecule has 0 spiro atoms. The maximum Gasteiger partial charge on any atom is 0.204 e. The summed E-state index contributed by atoms with van der Waals surface area (Å²) in [5.74, 6) is 6.22. The van der Waals surface area contributed by atoms with Crippen LogP contribution in [-0.2, 0) is 26.2 Å². The normalized spacial score (nSPS) is 11.1. The van der Waals surface area contributed by atoms with Crippen molar-refractivity contribution in [3.63, 3.8) is 0 Å². The molecule has 0 aliphatic carbocycles. The number of para-hydroxylation sites is 4. The third-order valence-electron chi connectivity index (χ3n) is 15.7. The van der Waals surface area contributed by atoms with Crippen LogP contribution < -0.4 is 76.4 Å². The topological polar surface area (TPSA) is 175 Å². The van der Waals surface area contributed by atoms with Crippen molar-refractivity contribution in [2.45, 2.75) is 26.2 Å². The maximum atomic E-state index is 5.86. The molecule has 4 aromatic heterocycles. The lowest BCUT2D eigenvalue weighted by Gasteiger charge is -2.33. The van der Waals surface area contributed by atoms with Crippen LogP contribution in [0.5, 0.6) is 69.0 Å². The summed E-state index contributed by atoms with van der Waals surface area (Å²) in [5, 5.41) is 3.17. The molecule has 0 bridgehead atoms. The number of benzene rings is 6. The third-order valence-corrected chi connectivity index (χ3v) is 15.7. The molecule has 0 radical (unpaired) electrons. The van der Waals surface area contributed by atoms with Crippen LogP contribution in [0.4, 0.5) is 22.7 Å². The molecule has 0 aliphatic rings. The first-order chi connectivity index (χ1) is 42.9. The Labute approximate surface area is 512 Å². The van der Waals surface area contributed by atoms with E-state index >= 15 is 0 Å². The summed E-state index contributed by atoms with van der Waals surface area (Å²) in [4.78, 5) is 30.0. The van der Waals surface area contributed by atoms with Crippen molar-refractivity contribution in [1.29, 1.82) is 0 Å². The molecule has 88 heavy (non-hydrogen) atoms. The summed E-state index contributed by atoms with van der Waals surface area (Å²) in [7, 11) is 23.5. The van der Waals surface area contributed by atoms with Gasteiger partial charge in [-0.05, 0) is 72.8 Å². The number of aromatic nitrogens is 4. The van der Waals surface area contributed by atoms with E-state index in [1.54, 1.807) is 85.3 Å². The Hall–Kier alpha value is -10.2. The Kier molecular flexibility index (Phi) is 18.7. The number of hydrogen-bond acceptors (Lipinski definition) is 20. The van der Waals surface area contributed by atoms with Crippen molar-refractivity contribution in [1.82, 2.24) is 19.9 Å². The first-order valence-corrected chi connectivity index (χ1v) is 28.3. The molecule has 458 valence electrons. The summed E-state index contributed by atoms with van der Waals surface area (Å²) in [6.07, 6.45) is 0. The summed E-state index contributed by atoms with van der Waals surface area (Å²) < 4.78 is 69.3. The van der Waals surface area contributed by atoms with Crippen molar-refractivity contribution in [2.75, 3.05) is 132 Å². The van der Waals surface area contributed by atoms with Crippen molar-refractivity contribution < 1.29 is 56.8 Å². The lowest BCUT2D eigenvalue weighted by atomic mass is 10.1. The average Bonchev–Trinajstić information content (AvgIpc) is 3.07. The molecular formula is C68H74N8O12. The first-order valence-electron chi connectivity index (χ1n) is 28.3. The Balaban J connectivity index is 0.996. The van der Waals surface area contributed by atoms with Crippen LogP contribution in [0.1, 0.15) is 22.8 Å². The fraction of sp³-hybridized carbons (Fsp3) is 0.294. The fourth-order valence-corrected chi connectivity index (χ4v) is 11.4. The average molecular weight is 1200 g/mol. The Morgan fingerprint density at radius 3 is 0.716 bits per heavy atom. The van der Waals surface area contributed by atoms with Gasteiger partial charge in [-0.1, -0.05) is 24.3 Å². The number of ether oxygens (including phenoxy) is 12. The van der Waals surface area contributed by atoms with E-state index in [-0.39, 0.29) is 0 Å². The minimum Gasteiger partial charge on any atom is -0.493 e. The van der Waals surface area contributed by atoms with Gasteiger partial charge in [0.05, 0.1) is 179 Å². The minimum atomic E-state index is 0.415. The molecule has 10 aromatic rings. The van der Waals surface area contributed by atoms with Gasteiger partial charge < -0.3 is 76.4 Å². The molecule has 0 aliphatic heterocycles. The lowest BCUT2D eigenvalue weighted by Crippen LogP contribution is -2.33. The largest absolute Gasteiger partial charge is 0.493 e. The molecule has 20 nitrogen and oxygen atoms in total. The van der Waals surface area contributed by atoms with Crippen LogP contribution in [0.15, 0.2) is 121 Å². The molecule has 0 saturated carbocycles. The monoisotopic (exact) mass is 1190 g/mol. The van der Waals surface area contributed by atoms with Crippen molar-refractivity contribution in [2.24, 2.45) is 0 Å². The summed E-state index contributed by atoms with van der Waals surface area (Å²) in [6.45, 7) is 2.94. The highest BCUT2D eigenvalue weighted by Gasteiger charge is 2.25. The summed E-state index contributed by atoms with van der Waals surface area (Å²) in [5.41, 5.74) is 10.0. The van der Waals surface area contributed by atoms with Gasteiger partial charge in [0.15, 0.2) is 46.0 Å². The highest BCUT2D eigenvalue weighted by molar-refractivity contribution is 5.94. The van der Waals surface area contributed by atoms with E-state index < -0.39 is 0 Å². The van der Waals surface area contributed by atoms with Gasteiger partial charge in [0.25, 0.3) is 0 Å². The predicted octanol–water partition coefficient (Wildman–Crippen LogP) is 12.0. The van der Waals surface area contributed by atoms with Gasteiger partial charge in [0, 0.05) is 73.0 Å². The second-order valence-electron chi connectivity index (χ2n) is 20.6. The zero-order valence-corrected chi connectivity index (χ0v) is 52.3. The Bertz CT molecular complexity index is 3680. The number of anilines is 4. The van der Waals surface area contributed by atoms with Gasteiger partial charge in [0.1, 0.15) is 0 Å². The number of likely N-dealkylation sites (N-methyl/N-ethyl adjacent to an activating group) is 2. The number of pyridine rings is 4. The fourth-order valence-electron chi connectivity index (χ4n) is 11.4.